The summed E-state index contributed by atoms with van der Waals surface area (Å²) in [4.78, 5) is 0.431. The number of sulfone groups is 1. The van der Waals surface area contributed by atoms with Gasteiger partial charge in [-0.15, -0.1) is 0 Å². The maximum absolute atomic E-state index is 12.0. The van der Waals surface area contributed by atoms with Gasteiger partial charge in [0.15, 0.2) is 9.84 Å². The number of hydrogen-bond donors (Lipinski definition) is 1. The Morgan fingerprint density at radius 3 is 2.48 bits per heavy atom. The predicted molar refractivity (Wildman–Crippen MR) is 92.0 cm³/mol. The maximum Gasteiger partial charge on any atom is 0.178 e. The zero-order valence-corrected chi connectivity index (χ0v) is 14.5. The minimum atomic E-state index is -3.11. The van der Waals surface area contributed by atoms with Gasteiger partial charge < -0.3 is 5.32 Å². The van der Waals surface area contributed by atoms with Crippen molar-refractivity contribution in [1.29, 1.82) is 0 Å². The van der Waals surface area contributed by atoms with Gasteiger partial charge >= 0.3 is 0 Å². The second-order valence-electron chi connectivity index (χ2n) is 5.65. The first-order valence-electron chi connectivity index (χ1n) is 7.69. The average Bonchev–Trinajstić information content (AvgIpc) is 2.48. The molecule has 2 atom stereocenters. The Balaban J connectivity index is 2.05. The molecule has 0 aliphatic heterocycles. The summed E-state index contributed by atoms with van der Waals surface area (Å²) in [5, 5.41) is 4.23. The number of hydrogen-bond acceptors (Lipinski definition) is 4. The third-order valence-electron chi connectivity index (χ3n) is 4.04. The largest absolute Gasteiger partial charge is 0.381 e. The summed E-state index contributed by atoms with van der Waals surface area (Å²) in [6.45, 7) is 1.89. The summed E-state index contributed by atoms with van der Waals surface area (Å²) in [6.07, 6.45) is 7.88. The molecule has 1 saturated carbocycles. The molecule has 0 aromatic heterocycles. The van der Waals surface area contributed by atoms with Crippen LogP contribution in [0.3, 0.4) is 0 Å². The fourth-order valence-electron chi connectivity index (χ4n) is 2.90. The average molecular weight is 328 g/mol. The van der Waals surface area contributed by atoms with E-state index in [0.29, 0.717) is 22.6 Å². The molecule has 1 aliphatic rings. The van der Waals surface area contributed by atoms with E-state index in [-0.39, 0.29) is 5.75 Å². The predicted octanol–water partition coefficient (Wildman–Crippen LogP) is 3.96. The van der Waals surface area contributed by atoms with Gasteiger partial charge in [0.2, 0.25) is 0 Å². The lowest BCUT2D eigenvalue weighted by Gasteiger charge is -2.31. The van der Waals surface area contributed by atoms with Crippen LogP contribution in [0.25, 0.3) is 0 Å². The van der Waals surface area contributed by atoms with Gasteiger partial charge in [0, 0.05) is 17.0 Å². The SMILES string of the molecule is CCCS(=O)(=O)c1ccc(NC2CCCCC2SC)cc1. The first kappa shape index (κ1) is 16.7. The molecule has 1 fully saturated rings. The van der Waals surface area contributed by atoms with Crippen LogP contribution >= 0.6 is 11.8 Å². The van der Waals surface area contributed by atoms with E-state index >= 15 is 0 Å². The Morgan fingerprint density at radius 2 is 1.86 bits per heavy atom. The van der Waals surface area contributed by atoms with Crippen molar-refractivity contribution in [3.8, 4) is 0 Å². The van der Waals surface area contributed by atoms with Crippen LogP contribution in [-0.2, 0) is 9.84 Å². The van der Waals surface area contributed by atoms with Crippen molar-refractivity contribution in [2.75, 3.05) is 17.3 Å². The van der Waals surface area contributed by atoms with Crippen LogP contribution in [0, 0.1) is 0 Å². The van der Waals surface area contributed by atoms with Crippen LogP contribution < -0.4 is 5.32 Å². The van der Waals surface area contributed by atoms with Gasteiger partial charge in [-0.1, -0.05) is 19.8 Å². The van der Waals surface area contributed by atoms with Gasteiger partial charge in [-0.3, -0.25) is 0 Å². The van der Waals surface area contributed by atoms with Crippen LogP contribution in [0.2, 0.25) is 0 Å². The molecule has 3 nitrogen and oxygen atoms in total. The topological polar surface area (TPSA) is 46.2 Å². The third-order valence-corrected chi connectivity index (χ3v) is 7.15. The molecule has 5 heteroatoms. The van der Waals surface area contributed by atoms with Gasteiger partial charge in [-0.05, 0) is 49.8 Å². The van der Waals surface area contributed by atoms with E-state index in [9.17, 15) is 8.42 Å². The molecular formula is C16H25NO2S2. The van der Waals surface area contributed by atoms with Crippen molar-refractivity contribution >= 4 is 27.3 Å². The van der Waals surface area contributed by atoms with E-state index in [2.05, 4.69) is 11.6 Å². The minimum Gasteiger partial charge on any atom is -0.381 e. The molecule has 1 aromatic rings. The van der Waals surface area contributed by atoms with E-state index < -0.39 is 9.84 Å². The number of benzene rings is 1. The number of thioether (sulfide) groups is 1. The highest BCUT2D eigenvalue weighted by atomic mass is 32.2. The molecule has 0 bridgehead atoms. The van der Waals surface area contributed by atoms with E-state index in [0.717, 1.165) is 5.69 Å². The summed E-state index contributed by atoms with van der Waals surface area (Å²) in [5.41, 5.74) is 1.02. The van der Waals surface area contributed by atoms with Gasteiger partial charge in [0.25, 0.3) is 0 Å². The lowest BCUT2D eigenvalue weighted by molar-refractivity contribution is 0.475. The number of nitrogens with one attached hydrogen (secondary N) is 1. The van der Waals surface area contributed by atoms with Crippen LogP contribution in [0.5, 0.6) is 0 Å². The maximum atomic E-state index is 12.0. The smallest absolute Gasteiger partial charge is 0.178 e. The van der Waals surface area contributed by atoms with Crippen molar-refractivity contribution in [2.24, 2.45) is 0 Å². The minimum absolute atomic E-state index is 0.219. The Bertz CT molecular complexity index is 540. The van der Waals surface area contributed by atoms with Crippen molar-refractivity contribution in [2.45, 2.75) is 55.2 Å². The Labute approximate surface area is 132 Å². The van der Waals surface area contributed by atoms with E-state index in [1.165, 1.54) is 25.7 Å². The molecule has 2 rings (SSSR count). The van der Waals surface area contributed by atoms with Gasteiger partial charge in [-0.2, -0.15) is 11.8 Å². The van der Waals surface area contributed by atoms with Gasteiger partial charge in [0.05, 0.1) is 10.6 Å². The number of anilines is 1. The van der Waals surface area contributed by atoms with E-state index in [4.69, 9.17) is 0 Å². The first-order chi connectivity index (χ1) is 10.1. The normalized spacial score (nSPS) is 23.0. The second-order valence-corrected chi connectivity index (χ2v) is 8.84. The Morgan fingerprint density at radius 1 is 1.19 bits per heavy atom. The molecule has 0 saturated heterocycles. The van der Waals surface area contributed by atoms with Crippen LogP contribution in [0.15, 0.2) is 29.2 Å². The molecule has 1 aromatic carbocycles. The Hall–Kier alpha value is -0.680. The molecule has 118 valence electrons. The fraction of sp³-hybridized carbons (Fsp3) is 0.625. The van der Waals surface area contributed by atoms with Crippen molar-refractivity contribution < 1.29 is 8.42 Å². The molecule has 0 radical (unpaired) electrons. The molecule has 2 unspecified atom stereocenters. The standard InChI is InChI=1S/C16H25NO2S2/c1-3-12-21(18,19)14-10-8-13(9-11-14)17-15-6-4-5-7-16(15)20-2/h8-11,15-17H,3-7,12H2,1-2H3. The highest BCUT2D eigenvalue weighted by Crippen LogP contribution is 2.29. The Kier molecular flexibility index (Phi) is 5.99. The summed E-state index contributed by atoms with van der Waals surface area (Å²) in [6, 6.07) is 7.74. The molecule has 0 heterocycles. The van der Waals surface area contributed by atoms with Crippen LogP contribution in [-0.4, -0.2) is 31.7 Å². The summed E-state index contributed by atoms with van der Waals surface area (Å²) in [5.74, 6) is 0.219. The molecule has 0 spiro atoms. The first-order valence-corrected chi connectivity index (χ1v) is 10.6. The molecule has 21 heavy (non-hydrogen) atoms. The second kappa shape index (κ2) is 7.54. The van der Waals surface area contributed by atoms with E-state index in [1.54, 1.807) is 12.1 Å². The monoisotopic (exact) mass is 327 g/mol. The lowest BCUT2D eigenvalue weighted by atomic mass is 9.94. The van der Waals surface area contributed by atoms with E-state index in [1.807, 2.05) is 30.8 Å². The highest BCUT2D eigenvalue weighted by molar-refractivity contribution is 7.99. The number of rotatable bonds is 6. The molecule has 0 amide bonds. The highest BCUT2D eigenvalue weighted by Gasteiger charge is 2.24. The fourth-order valence-corrected chi connectivity index (χ4v) is 5.16. The quantitative estimate of drug-likeness (QED) is 0.859. The molecular weight excluding hydrogens is 302 g/mol. The zero-order valence-electron chi connectivity index (χ0n) is 12.8. The summed E-state index contributed by atoms with van der Waals surface area (Å²) < 4.78 is 24.0. The van der Waals surface area contributed by atoms with Gasteiger partial charge in [0.1, 0.15) is 0 Å². The molecule has 1 N–H and O–H groups in total. The third kappa shape index (κ3) is 4.39. The zero-order chi connectivity index (χ0) is 15.3. The summed E-state index contributed by atoms with van der Waals surface area (Å²) >= 11 is 1.93. The molecule has 1 aliphatic carbocycles. The van der Waals surface area contributed by atoms with Crippen LogP contribution in [0.4, 0.5) is 5.69 Å². The van der Waals surface area contributed by atoms with Gasteiger partial charge in [-0.25, -0.2) is 8.42 Å². The summed E-state index contributed by atoms with van der Waals surface area (Å²) in [7, 11) is -3.11. The van der Waals surface area contributed by atoms with Crippen molar-refractivity contribution in [3.63, 3.8) is 0 Å². The lowest BCUT2D eigenvalue weighted by Crippen LogP contribution is -2.34. The van der Waals surface area contributed by atoms with Crippen LogP contribution in [0.1, 0.15) is 39.0 Å². The van der Waals surface area contributed by atoms with Crippen molar-refractivity contribution in [1.82, 2.24) is 0 Å². The van der Waals surface area contributed by atoms with Crippen molar-refractivity contribution in [3.05, 3.63) is 24.3 Å².